The lowest BCUT2D eigenvalue weighted by molar-refractivity contribution is 0.746. The maximum Gasteiger partial charge on any atom is 0.0792 e. The lowest BCUT2D eigenvalue weighted by Crippen LogP contribution is -1.93. The van der Waals surface area contributed by atoms with Crippen LogP contribution < -0.4 is 0 Å². The van der Waals surface area contributed by atoms with Crippen molar-refractivity contribution in [2.45, 2.75) is 23.0 Å². The summed E-state index contributed by atoms with van der Waals surface area (Å²) in [5, 5.41) is 4.66. The van der Waals surface area contributed by atoms with Crippen LogP contribution in [0.5, 0.6) is 0 Å². The number of halogens is 1. The van der Waals surface area contributed by atoms with Crippen molar-refractivity contribution in [1.29, 1.82) is 0 Å². The molecule has 0 radical (unpaired) electrons. The lowest BCUT2D eigenvalue weighted by atomic mass is 10.1. The van der Waals surface area contributed by atoms with Crippen molar-refractivity contribution in [2.24, 2.45) is 7.05 Å². The minimum absolute atomic E-state index is 0.269. The second kappa shape index (κ2) is 4.00. The minimum Gasteiger partial charge on any atom is -0.275 e. The average molecular weight is 296 g/mol. The average Bonchev–Trinajstić information content (AvgIpc) is 2.31. The van der Waals surface area contributed by atoms with Gasteiger partial charge in [0.15, 0.2) is 0 Å². The van der Waals surface area contributed by atoms with Gasteiger partial charge in [0.25, 0.3) is 0 Å². The van der Waals surface area contributed by atoms with Gasteiger partial charge in [0.2, 0.25) is 0 Å². The Hall–Kier alpha value is 0.290. The van der Waals surface area contributed by atoms with E-state index in [1.807, 2.05) is 17.9 Å². The molecule has 0 aliphatic heterocycles. The van der Waals surface area contributed by atoms with E-state index in [1.165, 1.54) is 5.56 Å². The number of nitrogens with zero attached hydrogens (tertiary/aromatic N) is 2. The monoisotopic (exact) mass is 296 g/mol. The van der Waals surface area contributed by atoms with E-state index in [-0.39, 0.29) is 5.25 Å². The van der Waals surface area contributed by atoms with E-state index in [1.54, 1.807) is 0 Å². The third kappa shape index (κ3) is 2.16. The Morgan fingerprint density at radius 1 is 1.58 bits per heavy atom. The second-order valence-electron chi connectivity index (χ2n) is 2.94. The molecule has 1 heterocycles. The molecule has 0 spiro atoms. The van der Waals surface area contributed by atoms with Gasteiger partial charge in [-0.25, -0.2) is 0 Å². The first-order chi connectivity index (χ1) is 5.52. The molecule has 0 saturated heterocycles. The quantitative estimate of drug-likeness (QED) is 0.505. The fraction of sp³-hybridized carbons (Fsp3) is 0.625. The zero-order valence-corrected chi connectivity index (χ0v) is 10.5. The molecule has 0 aromatic carbocycles. The maximum absolute atomic E-state index is 4.41. The van der Waals surface area contributed by atoms with E-state index in [0.29, 0.717) is 3.92 Å². The molecule has 1 aromatic rings. The van der Waals surface area contributed by atoms with E-state index in [0.717, 1.165) is 5.69 Å². The van der Waals surface area contributed by atoms with Crippen LogP contribution in [0.4, 0.5) is 0 Å². The first kappa shape index (κ1) is 10.4. The second-order valence-corrected chi connectivity index (χ2v) is 5.58. The molecule has 2 unspecified atom stereocenters. The van der Waals surface area contributed by atoms with Gasteiger partial charge in [0, 0.05) is 24.1 Å². The fourth-order valence-corrected chi connectivity index (χ4v) is 1.84. The summed E-state index contributed by atoms with van der Waals surface area (Å²) in [4.78, 5) is 0. The SMILES string of the molecule is CC(S)c1cn(C)nc1C(C)I. The van der Waals surface area contributed by atoms with Crippen LogP contribution in [0.25, 0.3) is 0 Å². The summed E-state index contributed by atoms with van der Waals surface area (Å²) < 4.78 is 2.31. The van der Waals surface area contributed by atoms with Gasteiger partial charge in [-0.05, 0) is 13.8 Å². The highest BCUT2D eigenvalue weighted by Gasteiger charge is 2.14. The Bertz CT molecular complexity index is 243. The number of thiol groups is 1. The highest BCUT2D eigenvalue weighted by Crippen LogP contribution is 2.30. The Morgan fingerprint density at radius 2 is 2.17 bits per heavy atom. The number of alkyl halides is 1. The van der Waals surface area contributed by atoms with Crippen molar-refractivity contribution < 1.29 is 0 Å². The largest absolute Gasteiger partial charge is 0.275 e. The van der Waals surface area contributed by atoms with Crippen LogP contribution in [0, 0.1) is 0 Å². The van der Waals surface area contributed by atoms with Crippen molar-refractivity contribution in [3.63, 3.8) is 0 Å². The summed E-state index contributed by atoms with van der Waals surface area (Å²) in [5.74, 6) is 0. The molecule has 2 nitrogen and oxygen atoms in total. The summed E-state index contributed by atoms with van der Waals surface area (Å²) in [7, 11) is 1.95. The van der Waals surface area contributed by atoms with Crippen molar-refractivity contribution in [1.82, 2.24) is 9.78 Å². The van der Waals surface area contributed by atoms with Crippen molar-refractivity contribution in [2.75, 3.05) is 0 Å². The third-order valence-electron chi connectivity index (χ3n) is 1.71. The Balaban J connectivity index is 3.08. The third-order valence-corrected chi connectivity index (χ3v) is 2.58. The molecule has 0 aliphatic rings. The van der Waals surface area contributed by atoms with Gasteiger partial charge in [0.05, 0.1) is 9.62 Å². The molecule has 0 saturated carbocycles. The van der Waals surface area contributed by atoms with Crippen LogP contribution >= 0.6 is 35.2 Å². The Labute approximate surface area is 92.3 Å². The van der Waals surface area contributed by atoms with E-state index in [9.17, 15) is 0 Å². The normalized spacial score (nSPS) is 16.1. The van der Waals surface area contributed by atoms with Crippen LogP contribution in [0.2, 0.25) is 0 Å². The van der Waals surface area contributed by atoms with E-state index in [4.69, 9.17) is 0 Å². The van der Waals surface area contributed by atoms with Crippen LogP contribution in [-0.4, -0.2) is 9.78 Å². The zero-order chi connectivity index (χ0) is 9.30. The molecule has 0 aliphatic carbocycles. The molecular formula is C8H13IN2S. The van der Waals surface area contributed by atoms with Gasteiger partial charge in [0.1, 0.15) is 0 Å². The smallest absolute Gasteiger partial charge is 0.0792 e. The van der Waals surface area contributed by atoms with Gasteiger partial charge in [-0.1, -0.05) is 22.6 Å². The summed E-state index contributed by atoms with van der Waals surface area (Å²) in [5.41, 5.74) is 2.39. The summed E-state index contributed by atoms with van der Waals surface area (Å²) in [6.45, 7) is 4.21. The molecular weight excluding hydrogens is 283 g/mol. The molecule has 0 bridgehead atoms. The molecule has 4 heteroatoms. The number of aryl methyl sites for hydroxylation is 1. The van der Waals surface area contributed by atoms with Gasteiger partial charge in [-0.15, -0.1) is 0 Å². The van der Waals surface area contributed by atoms with Crippen molar-refractivity contribution >= 4 is 35.2 Å². The first-order valence-electron chi connectivity index (χ1n) is 3.88. The van der Waals surface area contributed by atoms with Gasteiger partial charge >= 0.3 is 0 Å². The van der Waals surface area contributed by atoms with Crippen LogP contribution in [0.15, 0.2) is 6.20 Å². The van der Waals surface area contributed by atoms with E-state index >= 15 is 0 Å². The number of hydrogen-bond acceptors (Lipinski definition) is 2. The van der Waals surface area contributed by atoms with E-state index in [2.05, 4.69) is 54.2 Å². The van der Waals surface area contributed by atoms with Crippen LogP contribution in [-0.2, 0) is 7.05 Å². The van der Waals surface area contributed by atoms with Gasteiger partial charge in [-0.2, -0.15) is 17.7 Å². The Kier molecular flexibility index (Phi) is 3.46. The Morgan fingerprint density at radius 3 is 2.50 bits per heavy atom. The maximum atomic E-state index is 4.41. The number of aromatic nitrogens is 2. The predicted octanol–water partition coefficient (Wildman–Crippen LogP) is 2.91. The van der Waals surface area contributed by atoms with E-state index < -0.39 is 0 Å². The fourth-order valence-electron chi connectivity index (χ4n) is 1.16. The number of rotatable bonds is 2. The number of hydrogen-bond donors (Lipinski definition) is 1. The summed E-state index contributed by atoms with van der Waals surface area (Å²) >= 11 is 6.78. The topological polar surface area (TPSA) is 17.8 Å². The molecule has 68 valence electrons. The lowest BCUT2D eigenvalue weighted by Gasteiger charge is -2.05. The van der Waals surface area contributed by atoms with Crippen LogP contribution in [0.3, 0.4) is 0 Å². The van der Waals surface area contributed by atoms with Crippen LogP contribution in [0.1, 0.15) is 34.3 Å². The predicted molar refractivity (Wildman–Crippen MR) is 63.0 cm³/mol. The first-order valence-corrected chi connectivity index (χ1v) is 5.64. The molecule has 1 aromatic heterocycles. The minimum atomic E-state index is 0.269. The van der Waals surface area contributed by atoms with Gasteiger partial charge in [-0.3, -0.25) is 4.68 Å². The standard InChI is InChI=1S/C8H13IN2S/c1-5(9)8-7(6(2)12)4-11(3)10-8/h4-6,12H,1-3H3. The highest BCUT2D eigenvalue weighted by molar-refractivity contribution is 14.1. The highest BCUT2D eigenvalue weighted by atomic mass is 127. The summed E-state index contributed by atoms with van der Waals surface area (Å²) in [6.07, 6.45) is 2.04. The van der Waals surface area contributed by atoms with Gasteiger partial charge < -0.3 is 0 Å². The molecule has 0 fully saturated rings. The molecule has 0 amide bonds. The molecule has 0 N–H and O–H groups in total. The zero-order valence-electron chi connectivity index (χ0n) is 7.45. The van der Waals surface area contributed by atoms with Crippen molar-refractivity contribution in [3.8, 4) is 0 Å². The molecule has 12 heavy (non-hydrogen) atoms. The molecule has 2 atom stereocenters. The summed E-state index contributed by atoms with van der Waals surface area (Å²) in [6, 6.07) is 0. The molecule has 1 rings (SSSR count). The van der Waals surface area contributed by atoms with Crippen molar-refractivity contribution in [3.05, 3.63) is 17.5 Å².